The van der Waals surface area contributed by atoms with Gasteiger partial charge in [0.25, 0.3) is 0 Å². The highest BCUT2D eigenvalue weighted by atomic mass is 32.2. The van der Waals surface area contributed by atoms with Gasteiger partial charge < -0.3 is 0 Å². The number of benzene rings is 1. The van der Waals surface area contributed by atoms with E-state index in [9.17, 15) is 16.8 Å². The number of hydrogen-bond donors (Lipinski definition) is 0. The molecule has 1 aromatic carbocycles. The Bertz CT molecular complexity index is 1010. The van der Waals surface area contributed by atoms with E-state index >= 15 is 0 Å². The topological polar surface area (TPSA) is 75.9 Å². The lowest BCUT2D eigenvalue weighted by Crippen LogP contribution is -2.27. The fourth-order valence-electron chi connectivity index (χ4n) is 2.51. The zero-order chi connectivity index (χ0) is 17.4. The van der Waals surface area contributed by atoms with Crippen LogP contribution in [-0.2, 0) is 19.9 Å². The molecule has 1 fully saturated rings. The standard InChI is InChI=1S/C15H14N2O4S3/c1-16-14-7-8-15(22-14)23(18,19)12-5-4-6-13(11-12)24(20,21)17-9-2-3-10-17/h4-8,11H,2-3,9-10H2. The molecule has 1 aromatic heterocycles. The molecule has 3 rings (SSSR count). The summed E-state index contributed by atoms with van der Waals surface area (Å²) in [7, 11) is -7.52. The Hall–Kier alpha value is -1.73. The Morgan fingerprint density at radius 3 is 2.29 bits per heavy atom. The summed E-state index contributed by atoms with van der Waals surface area (Å²) in [6, 6.07) is 8.21. The average molecular weight is 382 g/mol. The first-order chi connectivity index (χ1) is 11.4. The van der Waals surface area contributed by atoms with Crippen LogP contribution in [0.2, 0.25) is 0 Å². The van der Waals surface area contributed by atoms with Gasteiger partial charge >= 0.3 is 0 Å². The van der Waals surface area contributed by atoms with Gasteiger partial charge in [-0.25, -0.2) is 21.7 Å². The normalized spacial score (nSPS) is 16.1. The molecule has 1 saturated heterocycles. The SMILES string of the molecule is [C-]#[N+]c1ccc(S(=O)(=O)c2cccc(S(=O)(=O)N3CCCC3)c2)s1. The minimum Gasteiger partial charge on any atom is -0.227 e. The van der Waals surface area contributed by atoms with Crippen LogP contribution < -0.4 is 0 Å². The molecule has 0 bridgehead atoms. The van der Waals surface area contributed by atoms with Gasteiger partial charge in [-0.3, -0.25) is 0 Å². The van der Waals surface area contributed by atoms with E-state index in [4.69, 9.17) is 6.57 Å². The quantitative estimate of drug-likeness (QED) is 0.762. The molecule has 0 atom stereocenters. The van der Waals surface area contributed by atoms with E-state index in [0.717, 1.165) is 24.2 Å². The van der Waals surface area contributed by atoms with Gasteiger partial charge in [-0.15, -0.1) is 11.3 Å². The molecule has 1 aliphatic rings. The Morgan fingerprint density at radius 2 is 1.67 bits per heavy atom. The highest BCUT2D eigenvalue weighted by Gasteiger charge is 2.29. The van der Waals surface area contributed by atoms with E-state index in [0.29, 0.717) is 13.1 Å². The van der Waals surface area contributed by atoms with E-state index < -0.39 is 19.9 Å². The molecule has 0 saturated carbocycles. The van der Waals surface area contributed by atoms with Crippen molar-refractivity contribution in [2.45, 2.75) is 26.8 Å². The Balaban J connectivity index is 2.03. The molecule has 2 aromatic rings. The average Bonchev–Trinajstić information content (AvgIpc) is 3.26. The van der Waals surface area contributed by atoms with E-state index in [2.05, 4.69) is 4.85 Å². The zero-order valence-corrected chi connectivity index (χ0v) is 15.0. The summed E-state index contributed by atoms with van der Waals surface area (Å²) in [5, 5.41) is 0.273. The monoisotopic (exact) mass is 382 g/mol. The van der Waals surface area contributed by atoms with Crippen LogP contribution >= 0.6 is 11.3 Å². The minimum atomic E-state index is -3.84. The fourth-order valence-corrected chi connectivity index (χ4v) is 6.68. The molecule has 0 N–H and O–H groups in total. The predicted molar refractivity (Wildman–Crippen MR) is 90.5 cm³/mol. The zero-order valence-electron chi connectivity index (χ0n) is 12.5. The van der Waals surface area contributed by atoms with Gasteiger partial charge in [-0.05, 0) is 43.2 Å². The minimum absolute atomic E-state index is 0.0209. The van der Waals surface area contributed by atoms with Gasteiger partial charge in [-0.2, -0.15) is 4.31 Å². The van der Waals surface area contributed by atoms with Crippen molar-refractivity contribution in [1.82, 2.24) is 4.31 Å². The number of thiophene rings is 1. The number of sulfone groups is 1. The number of sulfonamides is 1. The van der Waals surface area contributed by atoms with Gasteiger partial charge in [0.05, 0.1) is 16.4 Å². The van der Waals surface area contributed by atoms with Crippen molar-refractivity contribution in [3.05, 3.63) is 47.8 Å². The number of hydrogen-bond acceptors (Lipinski definition) is 5. The van der Waals surface area contributed by atoms with Crippen molar-refractivity contribution in [3.8, 4) is 0 Å². The number of nitrogens with zero attached hydrogens (tertiary/aromatic N) is 2. The molecule has 24 heavy (non-hydrogen) atoms. The molecule has 0 amide bonds. The molecule has 6 nitrogen and oxygen atoms in total. The van der Waals surface area contributed by atoms with Crippen LogP contribution in [0.15, 0.2) is 50.4 Å². The third-order valence-electron chi connectivity index (χ3n) is 3.76. The largest absolute Gasteiger partial charge is 0.243 e. The van der Waals surface area contributed by atoms with Crippen molar-refractivity contribution in [2.24, 2.45) is 0 Å². The van der Waals surface area contributed by atoms with E-state index in [1.807, 2.05) is 0 Å². The van der Waals surface area contributed by atoms with Gasteiger partial charge in [-0.1, -0.05) is 6.07 Å². The van der Waals surface area contributed by atoms with E-state index in [1.165, 1.54) is 40.7 Å². The molecular formula is C15H14N2O4S3. The molecule has 9 heteroatoms. The third kappa shape index (κ3) is 2.98. The molecular weight excluding hydrogens is 368 g/mol. The summed E-state index contributed by atoms with van der Waals surface area (Å²) in [5.41, 5.74) is 0. The molecule has 126 valence electrons. The first-order valence-corrected chi connectivity index (χ1v) is 10.9. The molecule has 1 aliphatic heterocycles. The van der Waals surface area contributed by atoms with Crippen molar-refractivity contribution < 1.29 is 16.8 Å². The van der Waals surface area contributed by atoms with Crippen LogP contribution in [0, 0.1) is 6.57 Å². The highest BCUT2D eigenvalue weighted by molar-refractivity contribution is 7.93. The smallest absolute Gasteiger partial charge is 0.227 e. The maximum atomic E-state index is 12.7. The maximum Gasteiger partial charge on any atom is 0.243 e. The first-order valence-electron chi connectivity index (χ1n) is 7.18. The summed E-state index contributed by atoms with van der Waals surface area (Å²) in [6.45, 7) is 7.85. The van der Waals surface area contributed by atoms with Crippen molar-refractivity contribution in [2.75, 3.05) is 13.1 Å². The van der Waals surface area contributed by atoms with Crippen LogP contribution in [-0.4, -0.2) is 34.2 Å². The molecule has 0 aliphatic carbocycles. The van der Waals surface area contributed by atoms with Crippen molar-refractivity contribution >= 4 is 36.2 Å². The van der Waals surface area contributed by atoms with Crippen LogP contribution in [0.5, 0.6) is 0 Å². The van der Waals surface area contributed by atoms with Crippen molar-refractivity contribution in [3.63, 3.8) is 0 Å². The van der Waals surface area contributed by atoms with Crippen LogP contribution in [0.3, 0.4) is 0 Å². The molecule has 0 unspecified atom stereocenters. The Morgan fingerprint density at radius 1 is 1.00 bits per heavy atom. The van der Waals surface area contributed by atoms with Gasteiger partial charge in [0, 0.05) is 13.1 Å². The Kier molecular flexibility index (Phi) is 4.48. The lowest BCUT2D eigenvalue weighted by molar-refractivity contribution is 0.477. The second-order valence-electron chi connectivity index (χ2n) is 5.29. The summed E-state index contributed by atoms with van der Waals surface area (Å²) in [4.78, 5) is 3.11. The van der Waals surface area contributed by atoms with Crippen LogP contribution in [0.25, 0.3) is 4.85 Å². The number of rotatable bonds is 4. The summed E-state index contributed by atoms with van der Waals surface area (Å²) in [5.74, 6) is 0. The first kappa shape index (κ1) is 17.1. The van der Waals surface area contributed by atoms with E-state index in [-0.39, 0.29) is 19.0 Å². The van der Waals surface area contributed by atoms with Gasteiger partial charge in [0.1, 0.15) is 4.21 Å². The van der Waals surface area contributed by atoms with Crippen molar-refractivity contribution in [1.29, 1.82) is 0 Å². The predicted octanol–water partition coefficient (Wildman–Crippen LogP) is 2.92. The second kappa shape index (κ2) is 6.29. The van der Waals surface area contributed by atoms with Gasteiger partial charge in [0.15, 0.2) is 0 Å². The summed E-state index contributed by atoms with van der Waals surface area (Å²) < 4.78 is 51.9. The summed E-state index contributed by atoms with van der Waals surface area (Å²) in [6.07, 6.45) is 1.62. The van der Waals surface area contributed by atoms with Gasteiger partial charge in [0.2, 0.25) is 24.9 Å². The molecule has 0 spiro atoms. The summed E-state index contributed by atoms with van der Waals surface area (Å²) >= 11 is 0.871. The lowest BCUT2D eigenvalue weighted by atomic mass is 10.4. The highest BCUT2D eigenvalue weighted by Crippen LogP contribution is 2.33. The lowest BCUT2D eigenvalue weighted by Gasteiger charge is -2.16. The second-order valence-corrected chi connectivity index (χ2v) is 10.5. The molecule has 0 radical (unpaired) electrons. The Labute approximate surface area is 145 Å². The maximum absolute atomic E-state index is 12.7. The van der Waals surface area contributed by atoms with E-state index in [1.54, 1.807) is 0 Å². The molecule has 2 heterocycles. The van der Waals surface area contributed by atoms with Crippen LogP contribution in [0.4, 0.5) is 5.00 Å². The third-order valence-corrected chi connectivity index (χ3v) is 8.88. The van der Waals surface area contributed by atoms with Crippen LogP contribution in [0.1, 0.15) is 12.8 Å². The fraction of sp³-hybridized carbons (Fsp3) is 0.267.